The third-order valence-corrected chi connectivity index (χ3v) is 3.32. The van der Waals surface area contributed by atoms with Crippen LogP contribution in [0.5, 0.6) is 11.5 Å². The van der Waals surface area contributed by atoms with Crippen LogP contribution in [0.15, 0.2) is 36.4 Å². The summed E-state index contributed by atoms with van der Waals surface area (Å²) in [6.45, 7) is 1.79. The molecule has 1 N–H and O–H groups in total. The van der Waals surface area contributed by atoms with E-state index in [4.69, 9.17) is 14.6 Å². The van der Waals surface area contributed by atoms with Gasteiger partial charge >= 0.3 is 5.97 Å². The molecule has 0 saturated carbocycles. The van der Waals surface area contributed by atoms with Crippen molar-refractivity contribution in [3.63, 3.8) is 0 Å². The Hall–Kier alpha value is -2.75. The average Bonchev–Trinajstić information content (AvgIpc) is 2.52. The SMILES string of the molecule is COc1cc(C=Cc2ccc(C(=O)O)c(C)c2)cc(OC)c1. The molecule has 114 valence electrons. The molecule has 4 heteroatoms. The topological polar surface area (TPSA) is 55.8 Å². The second-order valence-corrected chi connectivity index (χ2v) is 4.86. The second kappa shape index (κ2) is 6.80. The van der Waals surface area contributed by atoms with Gasteiger partial charge in [0.2, 0.25) is 0 Å². The molecule has 2 rings (SSSR count). The Morgan fingerprint density at radius 3 is 2.05 bits per heavy atom. The molecule has 0 aliphatic rings. The highest BCUT2D eigenvalue weighted by Gasteiger charge is 2.06. The summed E-state index contributed by atoms with van der Waals surface area (Å²) >= 11 is 0. The zero-order valence-corrected chi connectivity index (χ0v) is 12.8. The number of methoxy groups -OCH3 is 2. The molecule has 0 aliphatic carbocycles. The van der Waals surface area contributed by atoms with Gasteiger partial charge in [-0.3, -0.25) is 0 Å². The summed E-state index contributed by atoms with van der Waals surface area (Å²) in [7, 11) is 3.21. The molecule has 0 unspecified atom stereocenters. The Morgan fingerprint density at radius 2 is 1.55 bits per heavy atom. The maximum Gasteiger partial charge on any atom is 0.335 e. The molecule has 0 aromatic heterocycles. The van der Waals surface area contributed by atoms with Crippen molar-refractivity contribution in [2.45, 2.75) is 6.92 Å². The molecule has 2 aromatic carbocycles. The van der Waals surface area contributed by atoms with Crippen LogP contribution in [0.3, 0.4) is 0 Å². The molecule has 4 nitrogen and oxygen atoms in total. The molecule has 0 fully saturated rings. The molecule has 0 spiro atoms. The van der Waals surface area contributed by atoms with Crippen LogP contribution in [0.1, 0.15) is 27.0 Å². The van der Waals surface area contributed by atoms with Gasteiger partial charge in [0.1, 0.15) is 11.5 Å². The molecule has 0 amide bonds. The van der Waals surface area contributed by atoms with Crippen LogP contribution < -0.4 is 9.47 Å². The van der Waals surface area contributed by atoms with Gasteiger partial charge in [0.25, 0.3) is 0 Å². The summed E-state index contributed by atoms with van der Waals surface area (Å²) in [6, 6.07) is 10.9. The van der Waals surface area contributed by atoms with Gasteiger partial charge in [0.15, 0.2) is 0 Å². The minimum absolute atomic E-state index is 0.320. The Morgan fingerprint density at radius 1 is 0.955 bits per heavy atom. The smallest absolute Gasteiger partial charge is 0.335 e. The monoisotopic (exact) mass is 298 g/mol. The maximum atomic E-state index is 11.0. The Balaban J connectivity index is 2.28. The van der Waals surface area contributed by atoms with Gasteiger partial charge in [0, 0.05) is 6.07 Å². The molecule has 22 heavy (non-hydrogen) atoms. The first-order chi connectivity index (χ1) is 10.5. The van der Waals surface area contributed by atoms with Crippen molar-refractivity contribution in [3.8, 4) is 11.5 Å². The van der Waals surface area contributed by atoms with Crippen LogP contribution in [0.2, 0.25) is 0 Å². The Labute approximate surface area is 129 Å². The Kier molecular flexibility index (Phi) is 4.84. The lowest BCUT2D eigenvalue weighted by atomic mass is 10.0. The summed E-state index contributed by atoms with van der Waals surface area (Å²) in [5.74, 6) is 0.526. The first-order valence-corrected chi connectivity index (χ1v) is 6.78. The third kappa shape index (κ3) is 3.67. The number of aromatic carboxylic acids is 1. The number of carboxylic acid groups (broad SMARTS) is 1. The van der Waals surface area contributed by atoms with Gasteiger partial charge in [0.05, 0.1) is 19.8 Å². The van der Waals surface area contributed by atoms with E-state index < -0.39 is 5.97 Å². The van der Waals surface area contributed by atoms with Gasteiger partial charge in [-0.25, -0.2) is 4.79 Å². The number of hydrogen-bond donors (Lipinski definition) is 1. The van der Waals surface area contributed by atoms with Gasteiger partial charge in [-0.2, -0.15) is 0 Å². The number of carbonyl (C=O) groups is 1. The molecular weight excluding hydrogens is 280 g/mol. The normalized spacial score (nSPS) is 10.7. The zero-order chi connectivity index (χ0) is 16.1. The van der Waals surface area contributed by atoms with Crippen LogP contribution in [0.25, 0.3) is 12.2 Å². The fraction of sp³-hybridized carbons (Fsp3) is 0.167. The van der Waals surface area contributed by atoms with Crippen molar-refractivity contribution in [1.29, 1.82) is 0 Å². The van der Waals surface area contributed by atoms with E-state index in [9.17, 15) is 4.79 Å². The average molecular weight is 298 g/mol. The van der Waals surface area contributed by atoms with E-state index in [1.807, 2.05) is 36.4 Å². The summed E-state index contributed by atoms with van der Waals surface area (Å²) in [5, 5.41) is 9.03. The van der Waals surface area contributed by atoms with Crippen molar-refractivity contribution in [3.05, 3.63) is 58.7 Å². The van der Waals surface area contributed by atoms with Crippen molar-refractivity contribution in [2.24, 2.45) is 0 Å². The number of carboxylic acids is 1. The van der Waals surface area contributed by atoms with Crippen LogP contribution in [0, 0.1) is 6.92 Å². The first-order valence-electron chi connectivity index (χ1n) is 6.78. The van der Waals surface area contributed by atoms with Crippen LogP contribution >= 0.6 is 0 Å². The number of benzene rings is 2. The van der Waals surface area contributed by atoms with Gasteiger partial charge in [-0.05, 0) is 41.8 Å². The minimum atomic E-state index is -0.912. The van der Waals surface area contributed by atoms with E-state index >= 15 is 0 Å². The van der Waals surface area contributed by atoms with Crippen LogP contribution in [-0.2, 0) is 0 Å². The van der Waals surface area contributed by atoms with E-state index in [2.05, 4.69) is 0 Å². The molecule has 2 aromatic rings. The highest BCUT2D eigenvalue weighted by molar-refractivity contribution is 5.89. The number of aryl methyl sites for hydroxylation is 1. The predicted octanol–water partition coefficient (Wildman–Crippen LogP) is 3.88. The van der Waals surface area contributed by atoms with E-state index in [1.165, 1.54) is 0 Å². The quantitative estimate of drug-likeness (QED) is 0.851. The molecule has 0 atom stereocenters. The summed E-state index contributed by atoms with van der Waals surface area (Å²) in [5.41, 5.74) is 2.93. The van der Waals surface area contributed by atoms with E-state index in [-0.39, 0.29) is 0 Å². The number of hydrogen-bond acceptors (Lipinski definition) is 3. The van der Waals surface area contributed by atoms with Crippen LogP contribution in [-0.4, -0.2) is 25.3 Å². The highest BCUT2D eigenvalue weighted by Crippen LogP contribution is 2.24. The molecule has 0 heterocycles. The molecule has 0 aliphatic heterocycles. The fourth-order valence-electron chi connectivity index (χ4n) is 2.15. The molecule has 0 radical (unpaired) electrons. The second-order valence-electron chi connectivity index (χ2n) is 4.86. The van der Waals surface area contributed by atoms with E-state index in [1.54, 1.807) is 33.3 Å². The number of ether oxygens (including phenoxy) is 2. The fourth-order valence-corrected chi connectivity index (χ4v) is 2.15. The lowest BCUT2D eigenvalue weighted by Gasteiger charge is -2.06. The van der Waals surface area contributed by atoms with Crippen molar-refractivity contribution in [2.75, 3.05) is 14.2 Å². The van der Waals surface area contributed by atoms with E-state index in [0.717, 1.165) is 28.2 Å². The standard InChI is InChI=1S/C18H18O4/c1-12-8-13(6-7-17(12)18(19)20)4-5-14-9-15(21-2)11-16(10-14)22-3/h4-11H,1-3H3,(H,19,20). The minimum Gasteiger partial charge on any atom is -0.497 e. The zero-order valence-electron chi connectivity index (χ0n) is 12.8. The molecule has 0 bridgehead atoms. The lowest BCUT2D eigenvalue weighted by Crippen LogP contribution is -1.99. The maximum absolute atomic E-state index is 11.0. The molecule has 0 saturated heterocycles. The number of rotatable bonds is 5. The lowest BCUT2D eigenvalue weighted by molar-refractivity contribution is 0.0696. The highest BCUT2D eigenvalue weighted by atomic mass is 16.5. The predicted molar refractivity (Wildman–Crippen MR) is 86.6 cm³/mol. The van der Waals surface area contributed by atoms with Crippen molar-refractivity contribution in [1.82, 2.24) is 0 Å². The Bertz CT molecular complexity index is 695. The summed E-state index contributed by atoms with van der Waals surface area (Å²) in [6.07, 6.45) is 3.85. The van der Waals surface area contributed by atoms with Crippen molar-refractivity contribution < 1.29 is 19.4 Å². The first kappa shape index (κ1) is 15.6. The third-order valence-electron chi connectivity index (χ3n) is 3.32. The molecular formula is C18H18O4. The van der Waals surface area contributed by atoms with Gasteiger partial charge in [-0.1, -0.05) is 24.3 Å². The van der Waals surface area contributed by atoms with E-state index in [0.29, 0.717) is 5.56 Å². The largest absolute Gasteiger partial charge is 0.497 e. The van der Waals surface area contributed by atoms with Gasteiger partial charge in [-0.15, -0.1) is 0 Å². The summed E-state index contributed by atoms with van der Waals surface area (Å²) in [4.78, 5) is 11.0. The van der Waals surface area contributed by atoms with Crippen molar-refractivity contribution >= 4 is 18.1 Å². The van der Waals surface area contributed by atoms with Gasteiger partial charge < -0.3 is 14.6 Å². The summed E-state index contributed by atoms with van der Waals surface area (Å²) < 4.78 is 10.5. The van der Waals surface area contributed by atoms with Crippen LogP contribution in [0.4, 0.5) is 0 Å².